The molecule has 9 heteroatoms. The van der Waals surface area contributed by atoms with E-state index >= 15 is 0 Å². The minimum atomic E-state index is -3.73. The first-order valence-corrected chi connectivity index (χ1v) is 15.5. The van der Waals surface area contributed by atoms with E-state index in [1.165, 1.54) is 28.1 Å². The third-order valence-electron chi connectivity index (χ3n) is 6.82. The Kier molecular flexibility index (Phi) is 11.7. The molecule has 0 unspecified atom stereocenters. The number of sulfonamides is 1. The molecule has 212 valence electrons. The van der Waals surface area contributed by atoms with Gasteiger partial charge in [-0.3, -0.25) is 14.5 Å². The van der Waals surface area contributed by atoms with E-state index in [4.69, 9.17) is 0 Å². The summed E-state index contributed by atoms with van der Waals surface area (Å²) in [5.74, 6) is -0.387. The molecule has 0 bridgehead atoms. The van der Waals surface area contributed by atoms with Crippen LogP contribution in [0, 0.1) is 0 Å². The SMILES string of the molecule is CCCCN(CCCNC(=O)c1cc(=O)[nH]c2ccc(S(=O)(=O)N(CC)CCCC)cc12)Cc1ccccc1. The first kappa shape index (κ1) is 30.5. The molecule has 1 heterocycles. The van der Waals surface area contributed by atoms with E-state index in [2.05, 4.69) is 34.3 Å². The van der Waals surface area contributed by atoms with Gasteiger partial charge in [0.05, 0.1) is 10.5 Å². The zero-order valence-electron chi connectivity index (χ0n) is 23.4. The van der Waals surface area contributed by atoms with Gasteiger partial charge >= 0.3 is 0 Å². The topological polar surface area (TPSA) is 103 Å². The number of hydrogen-bond donors (Lipinski definition) is 2. The van der Waals surface area contributed by atoms with E-state index in [0.29, 0.717) is 30.5 Å². The number of aromatic nitrogens is 1. The molecule has 0 radical (unpaired) electrons. The summed E-state index contributed by atoms with van der Waals surface area (Å²) in [6.07, 6.45) is 4.63. The van der Waals surface area contributed by atoms with Crippen molar-refractivity contribution in [2.75, 3.05) is 32.7 Å². The number of amides is 1. The molecular weight excluding hydrogens is 512 g/mol. The Balaban J connectivity index is 1.73. The average Bonchev–Trinajstić information content (AvgIpc) is 2.93. The molecule has 0 aliphatic heterocycles. The first-order chi connectivity index (χ1) is 18.8. The van der Waals surface area contributed by atoms with Crippen LogP contribution in [0.3, 0.4) is 0 Å². The van der Waals surface area contributed by atoms with E-state index in [1.807, 2.05) is 32.0 Å². The van der Waals surface area contributed by atoms with Crippen LogP contribution in [0.4, 0.5) is 0 Å². The normalized spacial score (nSPS) is 11.9. The Hall–Kier alpha value is -3.01. The highest BCUT2D eigenvalue weighted by molar-refractivity contribution is 7.89. The predicted molar refractivity (Wildman–Crippen MR) is 157 cm³/mol. The van der Waals surface area contributed by atoms with E-state index in [1.54, 1.807) is 6.07 Å². The Labute approximate surface area is 232 Å². The Bertz CT molecular complexity index is 1370. The minimum absolute atomic E-state index is 0.113. The van der Waals surface area contributed by atoms with E-state index in [9.17, 15) is 18.0 Å². The predicted octanol–water partition coefficient (Wildman–Crippen LogP) is 4.76. The van der Waals surface area contributed by atoms with Crippen molar-refractivity contribution >= 4 is 26.8 Å². The van der Waals surface area contributed by atoms with Crippen molar-refractivity contribution in [1.29, 1.82) is 0 Å². The summed E-state index contributed by atoms with van der Waals surface area (Å²) in [5, 5.41) is 3.35. The standard InChI is InChI=1S/C30H42N4O4S/c1-4-7-18-33(23-24-13-10-9-11-14-24)19-12-17-31-30(36)27-22-29(35)32-28-16-15-25(21-26(27)28)39(37,38)34(6-3)20-8-5-2/h9-11,13-16,21-22H,4-8,12,17-20,23H2,1-3H3,(H,31,36)(H,32,35). The summed E-state index contributed by atoms with van der Waals surface area (Å²) >= 11 is 0. The fourth-order valence-electron chi connectivity index (χ4n) is 4.61. The molecule has 1 amide bonds. The zero-order chi connectivity index (χ0) is 28.3. The van der Waals surface area contributed by atoms with Crippen LogP contribution in [0.2, 0.25) is 0 Å². The van der Waals surface area contributed by atoms with Crippen molar-refractivity contribution in [3.05, 3.63) is 76.1 Å². The largest absolute Gasteiger partial charge is 0.352 e. The number of benzene rings is 2. The second-order valence-corrected chi connectivity index (χ2v) is 11.8. The summed E-state index contributed by atoms with van der Waals surface area (Å²) < 4.78 is 28.0. The Morgan fingerprint density at radius 3 is 2.28 bits per heavy atom. The van der Waals surface area contributed by atoms with Crippen LogP contribution in [0.15, 0.2) is 64.3 Å². The van der Waals surface area contributed by atoms with Crippen molar-refractivity contribution in [3.8, 4) is 0 Å². The van der Waals surface area contributed by atoms with E-state index in [0.717, 1.165) is 51.7 Å². The van der Waals surface area contributed by atoms with Gasteiger partial charge in [0, 0.05) is 49.7 Å². The molecule has 3 rings (SSSR count). The van der Waals surface area contributed by atoms with Crippen LogP contribution in [0.5, 0.6) is 0 Å². The van der Waals surface area contributed by atoms with E-state index in [-0.39, 0.29) is 16.4 Å². The number of pyridine rings is 1. The highest BCUT2D eigenvalue weighted by atomic mass is 32.2. The fraction of sp³-hybridized carbons (Fsp3) is 0.467. The van der Waals surface area contributed by atoms with Gasteiger partial charge in [0.1, 0.15) is 0 Å². The van der Waals surface area contributed by atoms with Crippen molar-refractivity contribution in [2.45, 2.75) is 64.3 Å². The summed E-state index contributed by atoms with van der Waals surface area (Å²) in [7, 11) is -3.73. The summed E-state index contributed by atoms with van der Waals surface area (Å²) in [6.45, 7) is 9.93. The molecule has 0 spiro atoms. The molecule has 0 aliphatic rings. The van der Waals surface area contributed by atoms with Crippen LogP contribution in [-0.2, 0) is 16.6 Å². The number of unbranched alkanes of at least 4 members (excludes halogenated alkanes) is 2. The fourth-order valence-corrected chi connectivity index (χ4v) is 6.12. The van der Waals surface area contributed by atoms with Gasteiger partial charge in [0.25, 0.3) is 5.91 Å². The third-order valence-corrected chi connectivity index (χ3v) is 8.79. The number of carbonyl (C=O) groups excluding carboxylic acids is 1. The van der Waals surface area contributed by atoms with Gasteiger partial charge in [0.15, 0.2) is 0 Å². The summed E-state index contributed by atoms with van der Waals surface area (Å²) in [5.41, 5.74) is 1.45. The Morgan fingerprint density at radius 2 is 1.59 bits per heavy atom. The lowest BCUT2D eigenvalue weighted by molar-refractivity contribution is 0.0952. The average molecular weight is 555 g/mol. The lowest BCUT2D eigenvalue weighted by atomic mass is 10.1. The highest BCUT2D eigenvalue weighted by Gasteiger charge is 2.24. The molecule has 2 aromatic carbocycles. The van der Waals surface area contributed by atoms with Gasteiger partial charge < -0.3 is 10.3 Å². The molecule has 0 saturated heterocycles. The maximum Gasteiger partial charge on any atom is 0.252 e. The molecule has 0 saturated carbocycles. The van der Waals surface area contributed by atoms with Crippen LogP contribution in [-0.4, -0.2) is 61.2 Å². The molecule has 0 fully saturated rings. The van der Waals surface area contributed by atoms with Crippen LogP contribution in [0.1, 0.15) is 68.8 Å². The summed E-state index contributed by atoms with van der Waals surface area (Å²) in [6, 6.07) is 16.1. The quantitative estimate of drug-likeness (QED) is 0.249. The number of aromatic amines is 1. The van der Waals surface area contributed by atoms with Gasteiger partial charge in [-0.15, -0.1) is 0 Å². The number of carbonyl (C=O) groups is 1. The van der Waals surface area contributed by atoms with Crippen molar-refractivity contribution in [2.24, 2.45) is 0 Å². The van der Waals surface area contributed by atoms with Gasteiger partial charge in [-0.2, -0.15) is 4.31 Å². The van der Waals surface area contributed by atoms with Crippen molar-refractivity contribution < 1.29 is 13.2 Å². The van der Waals surface area contributed by atoms with Crippen molar-refractivity contribution in [3.63, 3.8) is 0 Å². The molecule has 1 aromatic heterocycles. The molecule has 39 heavy (non-hydrogen) atoms. The van der Waals surface area contributed by atoms with Crippen LogP contribution >= 0.6 is 0 Å². The molecule has 8 nitrogen and oxygen atoms in total. The number of hydrogen-bond acceptors (Lipinski definition) is 5. The smallest absolute Gasteiger partial charge is 0.252 e. The molecule has 3 aromatic rings. The molecule has 2 N–H and O–H groups in total. The van der Waals surface area contributed by atoms with Crippen molar-refractivity contribution in [1.82, 2.24) is 19.5 Å². The zero-order valence-corrected chi connectivity index (χ0v) is 24.2. The molecule has 0 atom stereocenters. The molecular formula is C30H42N4O4S. The minimum Gasteiger partial charge on any atom is -0.352 e. The second-order valence-electron chi connectivity index (χ2n) is 9.83. The number of H-pyrrole nitrogens is 1. The monoisotopic (exact) mass is 554 g/mol. The second kappa shape index (κ2) is 15.0. The van der Waals surface area contributed by atoms with Gasteiger partial charge in [-0.05, 0) is 49.6 Å². The van der Waals surface area contributed by atoms with Crippen LogP contribution < -0.4 is 10.9 Å². The number of rotatable bonds is 16. The number of fused-ring (bicyclic) bond motifs is 1. The maximum atomic E-state index is 13.3. The lowest BCUT2D eigenvalue weighted by Crippen LogP contribution is -2.32. The maximum absolute atomic E-state index is 13.3. The molecule has 0 aliphatic carbocycles. The van der Waals surface area contributed by atoms with Gasteiger partial charge in [-0.25, -0.2) is 8.42 Å². The number of nitrogens with one attached hydrogen (secondary N) is 2. The lowest BCUT2D eigenvalue weighted by Gasteiger charge is -2.22. The van der Waals surface area contributed by atoms with E-state index < -0.39 is 15.6 Å². The Morgan fingerprint density at radius 1 is 0.897 bits per heavy atom. The van der Waals surface area contributed by atoms with Gasteiger partial charge in [0.2, 0.25) is 15.6 Å². The first-order valence-electron chi connectivity index (χ1n) is 14.0. The third kappa shape index (κ3) is 8.49. The van der Waals surface area contributed by atoms with Gasteiger partial charge in [-0.1, -0.05) is 63.9 Å². The van der Waals surface area contributed by atoms with Crippen LogP contribution in [0.25, 0.3) is 10.9 Å². The number of nitrogens with zero attached hydrogens (tertiary/aromatic N) is 2. The summed E-state index contributed by atoms with van der Waals surface area (Å²) in [4.78, 5) is 30.7. The highest BCUT2D eigenvalue weighted by Crippen LogP contribution is 2.23.